The number of thiophene rings is 1. The van der Waals surface area contributed by atoms with Crippen molar-refractivity contribution in [2.75, 3.05) is 58.8 Å². The topological polar surface area (TPSA) is 107 Å². The zero-order chi connectivity index (χ0) is 28.7. The number of hydroxylamine groups is 1. The van der Waals surface area contributed by atoms with E-state index in [0.29, 0.717) is 51.2 Å². The third-order valence-corrected chi connectivity index (χ3v) is 10.6. The van der Waals surface area contributed by atoms with E-state index < -0.39 is 11.5 Å². The number of rotatable bonds is 12. The van der Waals surface area contributed by atoms with Crippen molar-refractivity contribution in [3.05, 3.63) is 53.0 Å². The number of carbonyl (C=O) groups is 1. The molecule has 2 fully saturated rings. The van der Waals surface area contributed by atoms with E-state index in [-0.39, 0.29) is 5.91 Å². The van der Waals surface area contributed by atoms with Gasteiger partial charge in [0, 0.05) is 43.5 Å². The summed E-state index contributed by atoms with van der Waals surface area (Å²) >= 11 is 3.62. The van der Waals surface area contributed by atoms with Gasteiger partial charge in [-0.3, -0.25) is 19.9 Å². The van der Waals surface area contributed by atoms with Crippen LogP contribution in [0.1, 0.15) is 42.9 Å². The van der Waals surface area contributed by atoms with Gasteiger partial charge in [0.05, 0.1) is 41.6 Å². The molecule has 2 aliphatic heterocycles. The minimum absolute atomic E-state index is 0.355. The van der Waals surface area contributed by atoms with Gasteiger partial charge in [-0.25, -0.2) is 5.48 Å². The summed E-state index contributed by atoms with van der Waals surface area (Å²) in [7, 11) is 1.63. The lowest BCUT2D eigenvalue weighted by molar-refractivity contribution is -0.143. The molecule has 9 nitrogen and oxygen atoms in total. The average molecular weight is 601 g/mol. The molecule has 2 saturated heterocycles. The van der Waals surface area contributed by atoms with E-state index in [0.717, 1.165) is 60.5 Å². The summed E-state index contributed by atoms with van der Waals surface area (Å²) in [5, 5.41) is 24.3. The quantitative estimate of drug-likeness (QED) is 0.159. The summed E-state index contributed by atoms with van der Waals surface area (Å²) in [4.78, 5) is 22.4. The first-order valence-corrected chi connectivity index (χ1v) is 16.1. The maximum atomic E-state index is 13.0. The number of likely N-dealkylation sites (tertiary alicyclic amines) is 1. The highest BCUT2D eigenvalue weighted by Gasteiger charge is 2.41. The third kappa shape index (κ3) is 7.40. The van der Waals surface area contributed by atoms with Gasteiger partial charge in [-0.15, -0.1) is 23.1 Å². The standard InChI is InChI=1S/C30H40N4O5S2/c1-38-23-4-5-25-24(19-23)28(22(20-31-25)21-34-12-15-39-16-13-34)26(35)6-7-30(29(36)32-37)8-10-33(11-9-30)14-18-41-27-3-2-17-40-27/h2-5,17,19-20,26,35,37H,6-16,18,21H2,1H3,(H,32,36). The Bertz CT molecular complexity index is 1280. The third-order valence-electron chi connectivity index (χ3n) is 8.47. The summed E-state index contributed by atoms with van der Waals surface area (Å²) in [5.41, 5.74) is 3.82. The molecular weight excluding hydrogens is 560 g/mol. The second kappa shape index (κ2) is 14.3. The van der Waals surface area contributed by atoms with Crippen LogP contribution in [-0.4, -0.2) is 89.8 Å². The minimum Gasteiger partial charge on any atom is -0.497 e. The van der Waals surface area contributed by atoms with Gasteiger partial charge in [0.1, 0.15) is 5.75 Å². The number of carbonyl (C=O) groups excluding carboxylic acids is 1. The van der Waals surface area contributed by atoms with Gasteiger partial charge in [-0.2, -0.15) is 0 Å². The number of piperidine rings is 1. The number of benzene rings is 1. The highest BCUT2D eigenvalue weighted by molar-refractivity contribution is 8.01. The van der Waals surface area contributed by atoms with Gasteiger partial charge in [0.25, 0.3) is 0 Å². The lowest BCUT2D eigenvalue weighted by Gasteiger charge is -2.40. The Labute approximate surface area is 249 Å². The molecule has 0 spiro atoms. The van der Waals surface area contributed by atoms with E-state index in [2.05, 4.69) is 27.3 Å². The molecule has 3 aromatic rings. The molecule has 41 heavy (non-hydrogen) atoms. The van der Waals surface area contributed by atoms with Gasteiger partial charge < -0.3 is 19.5 Å². The normalized spacial score (nSPS) is 18.8. The molecule has 1 unspecified atom stereocenters. The van der Waals surface area contributed by atoms with Gasteiger partial charge in [0.2, 0.25) is 5.91 Å². The number of hydrogen-bond acceptors (Lipinski definition) is 10. The predicted octanol–water partition coefficient (Wildman–Crippen LogP) is 4.33. The number of pyridine rings is 1. The fourth-order valence-corrected chi connectivity index (χ4v) is 7.83. The molecule has 0 saturated carbocycles. The van der Waals surface area contributed by atoms with E-state index in [1.165, 1.54) is 4.21 Å². The zero-order valence-electron chi connectivity index (χ0n) is 23.6. The molecule has 5 rings (SSSR count). The van der Waals surface area contributed by atoms with E-state index in [4.69, 9.17) is 14.5 Å². The van der Waals surface area contributed by atoms with Crippen molar-refractivity contribution in [2.24, 2.45) is 5.41 Å². The fraction of sp³-hybridized carbons (Fsp3) is 0.533. The van der Waals surface area contributed by atoms with Crippen molar-refractivity contribution in [1.82, 2.24) is 20.3 Å². The Morgan fingerprint density at radius 3 is 2.73 bits per heavy atom. The van der Waals surface area contributed by atoms with E-state index in [1.54, 1.807) is 18.4 Å². The van der Waals surface area contributed by atoms with Crippen LogP contribution in [0.5, 0.6) is 5.75 Å². The van der Waals surface area contributed by atoms with Gasteiger partial charge in [-0.05, 0) is 79.5 Å². The highest BCUT2D eigenvalue weighted by atomic mass is 32.2. The highest BCUT2D eigenvalue weighted by Crippen LogP contribution is 2.40. The largest absolute Gasteiger partial charge is 0.497 e. The van der Waals surface area contributed by atoms with E-state index in [9.17, 15) is 15.1 Å². The predicted molar refractivity (Wildman–Crippen MR) is 162 cm³/mol. The number of nitrogens with zero attached hydrogens (tertiary/aromatic N) is 3. The summed E-state index contributed by atoms with van der Waals surface area (Å²) in [6.45, 7) is 6.22. The Balaban J connectivity index is 1.30. The number of thioether (sulfide) groups is 1. The van der Waals surface area contributed by atoms with Crippen molar-refractivity contribution in [3.8, 4) is 5.75 Å². The SMILES string of the molecule is COc1ccc2ncc(CN3CCOCC3)c(C(O)CCC3(C(=O)NO)CCN(CCSc4cccs4)CC3)c2c1. The first-order valence-electron chi connectivity index (χ1n) is 14.3. The number of fused-ring (bicyclic) bond motifs is 1. The van der Waals surface area contributed by atoms with Crippen LogP contribution in [-0.2, 0) is 16.1 Å². The molecule has 1 aromatic carbocycles. The maximum Gasteiger partial charge on any atom is 0.249 e. The molecule has 222 valence electrons. The smallest absolute Gasteiger partial charge is 0.249 e. The second-order valence-corrected chi connectivity index (χ2v) is 13.2. The molecule has 11 heteroatoms. The van der Waals surface area contributed by atoms with Crippen LogP contribution in [0.25, 0.3) is 10.9 Å². The Hall–Kier alpha value is -2.25. The fourth-order valence-electron chi connectivity index (χ4n) is 5.97. The molecule has 0 bridgehead atoms. The van der Waals surface area contributed by atoms with E-state index >= 15 is 0 Å². The monoisotopic (exact) mass is 600 g/mol. The average Bonchev–Trinajstić information content (AvgIpc) is 3.54. The van der Waals surface area contributed by atoms with Gasteiger partial charge >= 0.3 is 0 Å². The first kappa shape index (κ1) is 30.2. The lowest BCUT2D eigenvalue weighted by Crippen LogP contribution is -2.48. The number of methoxy groups -OCH3 is 1. The second-order valence-electron chi connectivity index (χ2n) is 10.9. The number of ether oxygens (including phenoxy) is 2. The van der Waals surface area contributed by atoms with Crippen LogP contribution in [0.4, 0.5) is 0 Å². The molecule has 0 aliphatic carbocycles. The number of morpholine rings is 1. The van der Waals surface area contributed by atoms with Crippen molar-refractivity contribution < 1.29 is 24.6 Å². The van der Waals surface area contributed by atoms with Crippen LogP contribution >= 0.6 is 23.1 Å². The Morgan fingerprint density at radius 2 is 2.02 bits per heavy atom. The molecule has 3 N–H and O–H groups in total. The summed E-state index contributed by atoms with van der Waals surface area (Å²) in [6.07, 6.45) is 3.22. The van der Waals surface area contributed by atoms with Crippen LogP contribution in [0.15, 0.2) is 46.1 Å². The van der Waals surface area contributed by atoms with Crippen LogP contribution in [0.2, 0.25) is 0 Å². The molecule has 1 atom stereocenters. The number of aromatic nitrogens is 1. The Morgan fingerprint density at radius 1 is 1.22 bits per heavy atom. The summed E-state index contributed by atoms with van der Waals surface area (Å²) in [6, 6.07) is 9.94. The first-order chi connectivity index (χ1) is 20.0. The number of amides is 1. The van der Waals surface area contributed by atoms with Gasteiger partial charge in [0.15, 0.2) is 0 Å². The molecule has 4 heterocycles. The number of aliphatic hydroxyl groups excluding tert-OH is 1. The summed E-state index contributed by atoms with van der Waals surface area (Å²) in [5.74, 6) is 1.35. The van der Waals surface area contributed by atoms with Gasteiger partial charge in [-0.1, -0.05) is 6.07 Å². The van der Waals surface area contributed by atoms with Crippen molar-refractivity contribution in [1.29, 1.82) is 0 Å². The van der Waals surface area contributed by atoms with Crippen molar-refractivity contribution in [2.45, 2.75) is 42.5 Å². The minimum atomic E-state index is -0.799. The molecular formula is C30H40N4O5S2. The summed E-state index contributed by atoms with van der Waals surface area (Å²) < 4.78 is 12.3. The maximum absolute atomic E-state index is 13.0. The van der Waals surface area contributed by atoms with E-state index in [1.807, 2.05) is 41.6 Å². The molecule has 2 aliphatic rings. The van der Waals surface area contributed by atoms with Crippen LogP contribution in [0, 0.1) is 5.41 Å². The van der Waals surface area contributed by atoms with Crippen LogP contribution in [0.3, 0.4) is 0 Å². The molecule has 0 radical (unpaired) electrons. The number of hydrogen-bond donors (Lipinski definition) is 3. The number of nitrogens with one attached hydrogen (secondary N) is 1. The molecule has 2 aromatic heterocycles. The van der Waals surface area contributed by atoms with Crippen LogP contribution < -0.4 is 10.2 Å². The number of aliphatic hydroxyl groups is 1. The Kier molecular flexibility index (Phi) is 10.5. The lowest BCUT2D eigenvalue weighted by atomic mass is 9.73. The molecule has 1 amide bonds. The zero-order valence-corrected chi connectivity index (χ0v) is 25.2. The van der Waals surface area contributed by atoms with Crippen molar-refractivity contribution >= 4 is 39.9 Å². The van der Waals surface area contributed by atoms with Crippen molar-refractivity contribution in [3.63, 3.8) is 0 Å².